The van der Waals surface area contributed by atoms with E-state index in [2.05, 4.69) is 0 Å². The zero-order chi connectivity index (χ0) is 12.2. The number of rotatable bonds is 6. The Hall–Kier alpha value is -0.956. The first-order valence-electron chi connectivity index (χ1n) is 3.62. The normalized spacial score (nSPS) is 16.1. The summed E-state index contributed by atoms with van der Waals surface area (Å²) in [6.07, 6.45) is -1.19. The third-order valence-corrected chi connectivity index (χ3v) is 3.33. The average molecular weight is 255 g/mol. The average Bonchev–Trinajstić information content (AvgIpc) is 2.02. The van der Waals surface area contributed by atoms with Crippen molar-refractivity contribution in [3.63, 3.8) is 0 Å². The summed E-state index contributed by atoms with van der Waals surface area (Å²) in [5.41, 5.74) is -2.84. The number of aliphatic carboxylic acids is 3. The van der Waals surface area contributed by atoms with Crippen LogP contribution in [0.4, 0.5) is 0 Å². The molecular weight excluding hydrogens is 246 g/mol. The zero-order valence-electron chi connectivity index (χ0n) is 7.38. The van der Waals surface area contributed by atoms with Gasteiger partial charge in [-0.15, -0.1) is 0 Å². The first kappa shape index (κ1) is 14.0. The molecule has 84 valence electrons. The minimum absolute atomic E-state index is 1.19. The second kappa shape index (κ2) is 5.22. The molecule has 0 aromatic carbocycles. The molecule has 0 heterocycles. The van der Waals surface area contributed by atoms with Gasteiger partial charge in [-0.2, -0.15) is 0 Å². The summed E-state index contributed by atoms with van der Waals surface area (Å²) in [5, 5.41) is 35.1. The number of carboxylic acid groups (broad SMARTS) is 3. The predicted molar refractivity (Wildman–Crippen MR) is 40.4 cm³/mol. The molecule has 2 unspecified atom stereocenters. The molecular formula is C6H9NO7Ti. The maximum absolute atomic E-state index is 10.6. The standard InChI is InChI=1S/C6H7O7.H2N.Ti/c7-3(8)1-6(13,5(11)12)2-4(9)10;;/h1,13H,2H2,(H,7,8)(H,9,10)(H,11,12);1H2;/q;-1;+1. The zero-order valence-corrected chi connectivity index (χ0v) is 8.94. The third kappa shape index (κ3) is 3.27. The molecule has 9 heteroatoms. The van der Waals surface area contributed by atoms with Crippen LogP contribution in [0.2, 0.25) is 4.22 Å². The maximum atomic E-state index is 10.6. The number of nitrogens with two attached hydrogens (primary N) is 1. The van der Waals surface area contributed by atoms with Crippen molar-refractivity contribution in [3.05, 3.63) is 0 Å². The molecule has 0 aromatic rings. The van der Waals surface area contributed by atoms with Gasteiger partial charge in [0.25, 0.3) is 0 Å². The van der Waals surface area contributed by atoms with E-state index in [0.717, 1.165) is 0 Å². The number of carbonyl (C=O) groups is 3. The molecule has 0 radical (unpaired) electrons. The van der Waals surface area contributed by atoms with E-state index in [0.29, 0.717) is 0 Å². The van der Waals surface area contributed by atoms with Crippen molar-refractivity contribution in [1.82, 2.24) is 0 Å². The van der Waals surface area contributed by atoms with Crippen molar-refractivity contribution < 1.29 is 54.2 Å². The molecule has 0 aliphatic rings. The molecule has 0 aliphatic carbocycles. The Labute approximate surface area is 92.9 Å². The first-order chi connectivity index (χ1) is 6.75. The molecule has 0 bridgehead atoms. The molecule has 0 amide bonds. The van der Waals surface area contributed by atoms with Crippen molar-refractivity contribution in [3.8, 4) is 0 Å². The van der Waals surface area contributed by atoms with E-state index in [-0.39, 0.29) is 0 Å². The van der Waals surface area contributed by atoms with Crippen molar-refractivity contribution in [1.29, 1.82) is 0 Å². The quantitative estimate of drug-likeness (QED) is 0.344. The van der Waals surface area contributed by atoms with E-state index in [4.69, 9.17) is 19.5 Å². The molecule has 0 aliphatic heterocycles. The van der Waals surface area contributed by atoms with Gasteiger partial charge >= 0.3 is 92.6 Å². The van der Waals surface area contributed by atoms with Gasteiger partial charge in [0, 0.05) is 0 Å². The van der Waals surface area contributed by atoms with Gasteiger partial charge in [0.15, 0.2) is 0 Å². The number of hydrogen-bond acceptors (Lipinski definition) is 5. The molecule has 2 atom stereocenters. The monoisotopic (exact) mass is 255 g/mol. The fourth-order valence-corrected chi connectivity index (χ4v) is 1.95. The van der Waals surface area contributed by atoms with Crippen LogP contribution in [0.25, 0.3) is 0 Å². The summed E-state index contributed by atoms with van der Waals surface area (Å²) in [7, 11) is 0. The van der Waals surface area contributed by atoms with Crippen LogP contribution in [0.15, 0.2) is 0 Å². The van der Waals surface area contributed by atoms with Crippen molar-refractivity contribution in [2.24, 2.45) is 4.22 Å². The van der Waals surface area contributed by atoms with E-state index in [1.807, 2.05) is 0 Å². The number of aliphatic hydroxyl groups is 1. The van der Waals surface area contributed by atoms with Crippen LogP contribution < -0.4 is 4.22 Å². The van der Waals surface area contributed by atoms with Gasteiger partial charge in [-0.05, 0) is 0 Å². The number of carboxylic acids is 3. The summed E-state index contributed by atoms with van der Waals surface area (Å²) < 4.78 is 3.36. The van der Waals surface area contributed by atoms with Crippen LogP contribution in [0.5, 0.6) is 0 Å². The van der Waals surface area contributed by atoms with Crippen LogP contribution >= 0.6 is 0 Å². The Kier molecular flexibility index (Phi) is 4.88. The summed E-state index contributed by atoms with van der Waals surface area (Å²) in [6.45, 7) is 0. The Balaban J connectivity index is 5.15. The molecule has 0 saturated carbocycles. The fraction of sp³-hybridized carbons (Fsp3) is 0.500. The van der Waals surface area contributed by atoms with E-state index >= 15 is 0 Å². The second-order valence-corrected chi connectivity index (χ2v) is 4.16. The van der Waals surface area contributed by atoms with E-state index < -0.39 is 53.6 Å². The van der Waals surface area contributed by atoms with Gasteiger partial charge < -0.3 is 0 Å². The van der Waals surface area contributed by atoms with Crippen LogP contribution in [-0.4, -0.2) is 43.9 Å². The topological polar surface area (TPSA) is 158 Å². The third-order valence-electron chi connectivity index (χ3n) is 1.68. The van der Waals surface area contributed by atoms with Crippen LogP contribution in [0.3, 0.4) is 0 Å². The van der Waals surface area contributed by atoms with E-state index in [9.17, 15) is 19.5 Å². The van der Waals surface area contributed by atoms with Crippen molar-refractivity contribution in [2.75, 3.05) is 0 Å². The molecule has 6 N–H and O–H groups in total. The van der Waals surface area contributed by atoms with E-state index in [1.54, 1.807) is 0 Å². The Morgan fingerprint density at radius 1 is 1.27 bits per heavy atom. The summed E-state index contributed by atoms with van der Waals surface area (Å²) in [4.78, 5) is 31.6. The number of hydrogen-bond donors (Lipinski definition) is 5. The van der Waals surface area contributed by atoms with Gasteiger partial charge in [-0.3, -0.25) is 0 Å². The minimum atomic E-state index is -2.84. The Morgan fingerprint density at radius 3 is 1.93 bits per heavy atom. The molecule has 15 heavy (non-hydrogen) atoms. The van der Waals surface area contributed by atoms with Gasteiger partial charge in [0.2, 0.25) is 0 Å². The summed E-state index contributed by atoms with van der Waals surface area (Å²) >= 11 is -1.78. The van der Waals surface area contributed by atoms with Gasteiger partial charge in [-0.1, -0.05) is 0 Å². The predicted octanol–water partition coefficient (Wildman–Crippen LogP) is -1.89. The molecule has 0 rings (SSSR count). The second-order valence-electron chi connectivity index (χ2n) is 2.74. The molecule has 8 nitrogen and oxygen atoms in total. The van der Waals surface area contributed by atoms with E-state index in [1.165, 1.54) is 0 Å². The van der Waals surface area contributed by atoms with Crippen LogP contribution in [0.1, 0.15) is 6.42 Å². The molecule has 0 fully saturated rings. The molecule has 0 spiro atoms. The first-order valence-corrected chi connectivity index (χ1v) is 5.42. The van der Waals surface area contributed by atoms with Crippen molar-refractivity contribution >= 4 is 17.9 Å². The molecule has 0 aromatic heterocycles. The van der Waals surface area contributed by atoms with Crippen LogP contribution in [0, 0.1) is 0 Å². The van der Waals surface area contributed by atoms with Crippen molar-refractivity contribution in [2.45, 2.75) is 16.2 Å². The Bertz CT molecular complexity index is 293. The Morgan fingerprint density at radius 2 is 1.73 bits per heavy atom. The SMILES string of the molecule is [NH2][Ti][CH](C(=O)O)C(O)(CC(=O)O)C(=O)O. The van der Waals surface area contributed by atoms with Gasteiger partial charge in [0.05, 0.1) is 0 Å². The molecule has 0 saturated heterocycles. The fourth-order valence-electron chi connectivity index (χ4n) is 0.945. The summed E-state index contributed by atoms with van der Waals surface area (Å²) in [5.74, 6) is -5.11. The van der Waals surface area contributed by atoms with Gasteiger partial charge in [0.1, 0.15) is 0 Å². The van der Waals surface area contributed by atoms with Crippen LogP contribution in [-0.2, 0) is 33.8 Å². The summed E-state index contributed by atoms with van der Waals surface area (Å²) in [6, 6.07) is 0. The van der Waals surface area contributed by atoms with Gasteiger partial charge in [-0.25, -0.2) is 0 Å².